The number of rotatable bonds is 1. The summed E-state index contributed by atoms with van der Waals surface area (Å²) < 4.78 is 0. The van der Waals surface area contributed by atoms with Gasteiger partial charge in [0.1, 0.15) is 5.76 Å². The molecule has 0 saturated carbocycles. The summed E-state index contributed by atoms with van der Waals surface area (Å²) >= 11 is 0. The normalized spacial score (nSPS) is 25.4. The molecule has 0 spiro atoms. The quantitative estimate of drug-likeness (QED) is 0.503. The molecule has 0 radical (unpaired) electrons. The zero-order chi connectivity index (χ0) is 10.1. The van der Waals surface area contributed by atoms with Crippen LogP contribution in [-0.4, -0.2) is 5.26 Å². The molecule has 1 aliphatic carbocycles. The summed E-state index contributed by atoms with van der Waals surface area (Å²) in [6.45, 7) is 0. The van der Waals surface area contributed by atoms with Crippen LogP contribution in [0.1, 0.15) is 64.2 Å². The van der Waals surface area contributed by atoms with E-state index in [1.807, 2.05) is 6.08 Å². The van der Waals surface area contributed by atoms with E-state index < -0.39 is 0 Å². The highest BCUT2D eigenvalue weighted by Crippen LogP contribution is 2.16. The van der Waals surface area contributed by atoms with Crippen LogP contribution in [0.5, 0.6) is 0 Å². The van der Waals surface area contributed by atoms with E-state index in [0.29, 0.717) is 0 Å². The Morgan fingerprint density at radius 3 is 2.07 bits per heavy atom. The molecule has 0 aliphatic heterocycles. The van der Waals surface area contributed by atoms with Crippen LogP contribution in [0.2, 0.25) is 0 Å². The minimum absolute atomic E-state index is 0.769. The van der Waals surface area contributed by atoms with Gasteiger partial charge in [-0.2, -0.15) is 0 Å². The first-order valence-corrected chi connectivity index (χ1v) is 5.94. The Kier molecular flexibility index (Phi) is 6.50. The Morgan fingerprint density at radius 1 is 0.857 bits per heavy atom. The van der Waals surface area contributed by atoms with Gasteiger partial charge in [0.15, 0.2) is 0 Å². The summed E-state index contributed by atoms with van der Waals surface area (Å²) in [5.74, 6) is 0.769. The van der Waals surface area contributed by atoms with Gasteiger partial charge in [-0.1, -0.05) is 38.5 Å². The van der Waals surface area contributed by atoms with Crippen LogP contribution in [-0.2, 0) is 4.89 Å². The Bertz CT molecular complexity index is 164. The van der Waals surface area contributed by atoms with Gasteiger partial charge < -0.3 is 4.89 Å². The topological polar surface area (TPSA) is 29.5 Å². The first kappa shape index (κ1) is 11.6. The molecule has 0 aromatic heterocycles. The van der Waals surface area contributed by atoms with Crippen molar-refractivity contribution in [1.82, 2.24) is 0 Å². The molecule has 0 atom stereocenters. The summed E-state index contributed by atoms with van der Waals surface area (Å²) in [5, 5.41) is 8.63. The fourth-order valence-electron chi connectivity index (χ4n) is 1.95. The summed E-state index contributed by atoms with van der Waals surface area (Å²) in [6.07, 6.45) is 14.4. The molecule has 82 valence electrons. The lowest BCUT2D eigenvalue weighted by Gasteiger charge is -2.06. The molecule has 14 heavy (non-hydrogen) atoms. The molecule has 1 N–H and O–H groups in total. The van der Waals surface area contributed by atoms with Crippen LogP contribution in [0, 0.1) is 0 Å². The summed E-state index contributed by atoms with van der Waals surface area (Å²) in [7, 11) is 0. The molecule has 0 fully saturated rings. The van der Waals surface area contributed by atoms with Crippen LogP contribution in [0.3, 0.4) is 0 Å². The van der Waals surface area contributed by atoms with Crippen LogP contribution >= 0.6 is 0 Å². The summed E-state index contributed by atoms with van der Waals surface area (Å²) in [6, 6.07) is 0. The molecular formula is C12H22O2. The number of hydrogen-bond donors (Lipinski definition) is 1. The molecule has 0 heterocycles. The van der Waals surface area contributed by atoms with Gasteiger partial charge in [-0.05, 0) is 25.3 Å². The third kappa shape index (κ3) is 5.28. The average molecular weight is 198 g/mol. The Morgan fingerprint density at radius 2 is 1.43 bits per heavy atom. The predicted octanol–water partition coefficient (Wildman–Crippen LogP) is 4.27. The van der Waals surface area contributed by atoms with Gasteiger partial charge >= 0.3 is 0 Å². The highest BCUT2D eigenvalue weighted by Gasteiger charge is 2.00. The van der Waals surface area contributed by atoms with Crippen molar-refractivity contribution in [3.63, 3.8) is 0 Å². The Labute approximate surface area is 86.9 Å². The van der Waals surface area contributed by atoms with E-state index in [1.165, 1.54) is 44.9 Å². The second-order valence-corrected chi connectivity index (χ2v) is 4.13. The van der Waals surface area contributed by atoms with Crippen molar-refractivity contribution in [1.29, 1.82) is 0 Å². The van der Waals surface area contributed by atoms with Gasteiger partial charge in [0.05, 0.1) is 0 Å². The first-order valence-electron chi connectivity index (χ1n) is 5.94. The maximum Gasteiger partial charge on any atom is 0.138 e. The van der Waals surface area contributed by atoms with Crippen molar-refractivity contribution < 1.29 is 10.1 Å². The van der Waals surface area contributed by atoms with Crippen LogP contribution < -0.4 is 0 Å². The zero-order valence-electron chi connectivity index (χ0n) is 9.00. The smallest absolute Gasteiger partial charge is 0.138 e. The molecule has 1 rings (SSSR count). The fourth-order valence-corrected chi connectivity index (χ4v) is 1.95. The predicted molar refractivity (Wildman–Crippen MR) is 58.0 cm³/mol. The third-order valence-corrected chi connectivity index (χ3v) is 2.87. The van der Waals surface area contributed by atoms with Crippen molar-refractivity contribution in [3.8, 4) is 0 Å². The van der Waals surface area contributed by atoms with Crippen LogP contribution in [0.25, 0.3) is 0 Å². The van der Waals surface area contributed by atoms with Crippen LogP contribution in [0.4, 0.5) is 0 Å². The van der Waals surface area contributed by atoms with E-state index in [1.54, 1.807) is 0 Å². The maximum atomic E-state index is 8.63. The van der Waals surface area contributed by atoms with E-state index in [2.05, 4.69) is 4.89 Å². The molecule has 1 aliphatic rings. The van der Waals surface area contributed by atoms with Crippen molar-refractivity contribution in [2.45, 2.75) is 64.2 Å². The minimum Gasteiger partial charge on any atom is -0.345 e. The molecule has 2 nitrogen and oxygen atoms in total. The molecule has 0 aromatic carbocycles. The number of allylic oxidation sites excluding steroid dienone is 2. The summed E-state index contributed by atoms with van der Waals surface area (Å²) in [4.78, 5) is 4.36. The largest absolute Gasteiger partial charge is 0.345 e. The fraction of sp³-hybridized carbons (Fsp3) is 0.833. The van der Waals surface area contributed by atoms with Crippen LogP contribution in [0.15, 0.2) is 11.8 Å². The molecule has 0 aromatic rings. The SMILES string of the molecule is OO/C1=C/CCCCCCCCCC1. The van der Waals surface area contributed by atoms with Gasteiger partial charge in [-0.15, -0.1) is 0 Å². The van der Waals surface area contributed by atoms with Crippen molar-refractivity contribution >= 4 is 0 Å². The lowest BCUT2D eigenvalue weighted by molar-refractivity contribution is -0.206. The van der Waals surface area contributed by atoms with E-state index in [9.17, 15) is 0 Å². The molecule has 0 amide bonds. The highest BCUT2D eigenvalue weighted by molar-refractivity contribution is 4.91. The standard InChI is InChI=1S/C12H22O2/c13-14-12-10-8-6-4-2-1-3-5-7-9-11-12/h10,13H,1-9,11H2/b12-10+. The molecule has 2 heteroatoms. The third-order valence-electron chi connectivity index (χ3n) is 2.87. The second-order valence-electron chi connectivity index (χ2n) is 4.13. The first-order chi connectivity index (χ1) is 6.93. The Balaban J connectivity index is 2.29. The van der Waals surface area contributed by atoms with E-state index in [4.69, 9.17) is 5.26 Å². The van der Waals surface area contributed by atoms with Crippen molar-refractivity contribution in [3.05, 3.63) is 11.8 Å². The Hall–Kier alpha value is -0.500. The van der Waals surface area contributed by atoms with E-state index in [0.717, 1.165) is 25.0 Å². The average Bonchev–Trinajstić information content (AvgIpc) is 2.19. The lowest BCUT2D eigenvalue weighted by atomic mass is 10.0. The lowest BCUT2D eigenvalue weighted by Crippen LogP contribution is -1.90. The van der Waals surface area contributed by atoms with Gasteiger partial charge in [-0.3, -0.25) is 0 Å². The van der Waals surface area contributed by atoms with Crippen molar-refractivity contribution in [2.75, 3.05) is 0 Å². The summed E-state index contributed by atoms with van der Waals surface area (Å²) in [5.41, 5.74) is 0. The van der Waals surface area contributed by atoms with Gasteiger partial charge in [0.25, 0.3) is 0 Å². The van der Waals surface area contributed by atoms with Crippen molar-refractivity contribution in [2.24, 2.45) is 0 Å². The van der Waals surface area contributed by atoms with Gasteiger partial charge in [0.2, 0.25) is 0 Å². The van der Waals surface area contributed by atoms with Gasteiger partial charge in [0, 0.05) is 6.42 Å². The maximum absolute atomic E-state index is 8.63. The van der Waals surface area contributed by atoms with Gasteiger partial charge in [-0.25, -0.2) is 5.26 Å². The minimum atomic E-state index is 0.769. The zero-order valence-corrected chi connectivity index (χ0v) is 9.00. The molecule has 0 bridgehead atoms. The molecular weight excluding hydrogens is 176 g/mol. The second kappa shape index (κ2) is 7.86. The highest BCUT2D eigenvalue weighted by atomic mass is 17.1. The molecule has 0 unspecified atom stereocenters. The van der Waals surface area contributed by atoms with E-state index >= 15 is 0 Å². The number of hydrogen-bond acceptors (Lipinski definition) is 2. The van der Waals surface area contributed by atoms with E-state index in [-0.39, 0.29) is 0 Å². The monoisotopic (exact) mass is 198 g/mol. The molecule has 0 saturated heterocycles.